The van der Waals surface area contributed by atoms with E-state index in [9.17, 15) is 18.3 Å². The predicted molar refractivity (Wildman–Crippen MR) is 61.2 cm³/mol. The van der Waals surface area contributed by atoms with Crippen molar-refractivity contribution >= 4 is 0 Å². The summed E-state index contributed by atoms with van der Waals surface area (Å²) in [5.41, 5.74) is -0.154. The summed E-state index contributed by atoms with van der Waals surface area (Å²) in [6, 6.07) is 2.44. The topological polar surface area (TPSA) is 42.4 Å². The number of halogens is 3. The first-order valence-electron chi connectivity index (χ1n) is 5.34. The molecule has 0 spiro atoms. The summed E-state index contributed by atoms with van der Waals surface area (Å²) in [6.45, 7) is 0. The normalized spacial score (nSPS) is 12.3. The molecule has 100 valence electrons. The van der Waals surface area contributed by atoms with Crippen molar-refractivity contribution in [2.24, 2.45) is 0 Å². The zero-order valence-corrected chi connectivity index (χ0v) is 9.90. The van der Waals surface area contributed by atoms with Crippen LogP contribution in [0, 0.1) is 17.5 Å². The molecule has 0 amide bonds. The van der Waals surface area contributed by atoms with Gasteiger partial charge in [0.15, 0.2) is 11.6 Å². The third kappa shape index (κ3) is 2.68. The zero-order valence-electron chi connectivity index (χ0n) is 9.90. The Bertz CT molecular complexity index is 604. The maximum Gasteiger partial charge on any atom is 0.161 e. The number of aliphatic hydroxyl groups is 1. The highest BCUT2D eigenvalue weighted by Gasteiger charge is 2.19. The minimum Gasteiger partial charge on any atom is -0.495 e. The predicted octanol–water partition coefficient (Wildman–Crippen LogP) is 2.59. The lowest BCUT2D eigenvalue weighted by atomic mass is 10.0. The number of aliphatic hydroxyl groups excluding tert-OH is 1. The summed E-state index contributed by atoms with van der Waals surface area (Å²) in [5.74, 6) is -3.21. The standard InChI is InChI=1S/C13H10F3NO2/c1-19-8-2-7(5-17-6-8)13(18)9-3-11(15)12(16)4-10(9)14/h2-6,13,18H,1H3. The fourth-order valence-corrected chi connectivity index (χ4v) is 1.62. The minimum absolute atomic E-state index is 0.212. The molecule has 1 unspecified atom stereocenters. The number of aromatic nitrogens is 1. The van der Waals surface area contributed by atoms with Gasteiger partial charge in [-0.2, -0.15) is 0 Å². The lowest BCUT2D eigenvalue weighted by molar-refractivity contribution is 0.213. The highest BCUT2D eigenvalue weighted by atomic mass is 19.2. The third-order valence-corrected chi connectivity index (χ3v) is 2.62. The molecule has 0 aliphatic carbocycles. The number of hydrogen-bond acceptors (Lipinski definition) is 3. The Morgan fingerprint density at radius 1 is 1.05 bits per heavy atom. The van der Waals surface area contributed by atoms with E-state index in [2.05, 4.69) is 4.98 Å². The second-order valence-electron chi connectivity index (χ2n) is 3.85. The Morgan fingerprint density at radius 2 is 1.74 bits per heavy atom. The summed E-state index contributed by atoms with van der Waals surface area (Å²) in [6.07, 6.45) is 1.23. The molecule has 1 aromatic heterocycles. The molecule has 6 heteroatoms. The fraction of sp³-hybridized carbons (Fsp3) is 0.154. The summed E-state index contributed by atoms with van der Waals surface area (Å²) in [5, 5.41) is 9.98. The number of pyridine rings is 1. The van der Waals surface area contributed by atoms with Crippen molar-refractivity contribution in [1.82, 2.24) is 4.98 Å². The van der Waals surface area contributed by atoms with E-state index < -0.39 is 23.6 Å². The fourth-order valence-electron chi connectivity index (χ4n) is 1.62. The van der Waals surface area contributed by atoms with E-state index in [0.717, 1.165) is 0 Å². The maximum absolute atomic E-state index is 13.5. The molecule has 0 aliphatic rings. The van der Waals surface area contributed by atoms with Gasteiger partial charge in [0.05, 0.1) is 13.3 Å². The van der Waals surface area contributed by atoms with Gasteiger partial charge in [-0.25, -0.2) is 13.2 Å². The summed E-state index contributed by atoms with van der Waals surface area (Å²) in [7, 11) is 1.41. The van der Waals surface area contributed by atoms with Crippen molar-refractivity contribution < 1.29 is 23.0 Å². The van der Waals surface area contributed by atoms with E-state index in [-0.39, 0.29) is 11.1 Å². The third-order valence-electron chi connectivity index (χ3n) is 2.62. The van der Waals surface area contributed by atoms with Crippen LogP contribution in [0.25, 0.3) is 0 Å². The van der Waals surface area contributed by atoms with Crippen LogP contribution in [0.1, 0.15) is 17.2 Å². The van der Waals surface area contributed by atoms with Crippen LogP contribution in [0.5, 0.6) is 5.75 Å². The van der Waals surface area contributed by atoms with Gasteiger partial charge in [-0.05, 0) is 12.1 Å². The molecule has 0 radical (unpaired) electrons. The van der Waals surface area contributed by atoms with Crippen LogP contribution in [0.15, 0.2) is 30.6 Å². The second kappa shape index (κ2) is 5.27. The van der Waals surface area contributed by atoms with Crippen LogP contribution in [0.2, 0.25) is 0 Å². The molecule has 2 rings (SSSR count). The molecule has 3 nitrogen and oxygen atoms in total. The van der Waals surface area contributed by atoms with Gasteiger partial charge in [0.1, 0.15) is 17.7 Å². The van der Waals surface area contributed by atoms with Crippen molar-refractivity contribution in [3.63, 3.8) is 0 Å². The first kappa shape index (κ1) is 13.4. The molecule has 2 aromatic rings. The highest BCUT2D eigenvalue weighted by molar-refractivity contribution is 5.33. The van der Waals surface area contributed by atoms with Crippen LogP contribution in [0.3, 0.4) is 0 Å². The van der Waals surface area contributed by atoms with E-state index in [0.29, 0.717) is 17.9 Å². The van der Waals surface area contributed by atoms with Gasteiger partial charge in [-0.15, -0.1) is 0 Å². The summed E-state index contributed by atoms with van der Waals surface area (Å²) < 4.78 is 44.3. The first-order valence-corrected chi connectivity index (χ1v) is 5.34. The Hall–Kier alpha value is -2.08. The number of benzene rings is 1. The van der Waals surface area contributed by atoms with Gasteiger partial charge in [0.2, 0.25) is 0 Å². The number of methoxy groups -OCH3 is 1. The Morgan fingerprint density at radius 3 is 2.42 bits per heavy atom. The number of ether oxygens (including phenoxy) is 1. The Kier molecular flexibility index (Phi) is 3.71. The first-order chi connectivity index (χ1) is 9.02. The van der Waals surface area contributed by atoms with Crippen LogP contribution in [-0.4, -0.2) is 17.2 Å². The molecular formula is C13H10F3NO2. The van der Waals surface area contributed by atoms with Gasteiger partial charge in [0, 0.05) is 23.4 Å². The van der Waals surface area contributed by atoms with Crippen molar-refractivity contribution in [3.05, 3.63) is 59.2 Å². The van der Waals surface area contributed by atoms with E-state index in [1.807, 2.05) is 0 Å². The van der Waals surface area contributed by atoms with E-state index in [4.69, 9.17) is 4.74 Å². The molecule has 19 heavy (non-hydrogen) atoms. The van der Waals surface area contributed by atoms with Crippen molar-refractivity contribution in [2.45, 2.75) is 6.10 Å². The highest BCUT2D eigenvalue weighted by Crippen LogP contribution is 2.27. The van der Waals surface area contributed by atoms with Crippen molar-refractivity contribution in [1.29, 1.82) is 0 Å². The quantitative estimate of drug-likeness (QED) is 0.871. The van der Waals surface area contributed by atoms with Gasteiger partial charge in [-0.3, -0.25) is 4.98 Å². The van der Waals surface area contributed by atoms with E-state index in [1.54, 1.807) is 0 Å². The smallest absolute Gasteiger partial charge is 0.161 e. The van der Waals surface area contributed by atoms with Crippen LogP contribution in [-0.2, 0) is 0 Å². The zero-order chi connectivity index (χ0) is 14.0. The lowest BCUT2D eigenvalue weighted by Gasteiger charge is -2.13. The van der Waals surface area contributed by atoms with Crippen LogP contribution >= 0.6 is 0 Å². The number of rotatable bonds is 3. The largest absolute Gasteiger partial charge is 0.495 e. The van der Waals surface area contributed by atoms with Gasteiger partial charge >= 0.3 is 0 Å². The molecule has 0 fully saturated rings. The van der Waals surface area contributed by atoms with Gasteiger partial charge < -0.3 is 9.84 Å². The Balaban J connectivity index is 2.43. The van der Waals surface area contributed by atoms with Crippen molar-refractivity contribution in [3.8, 4) is 5.75 Å². The monoisotopic (exact) mass is 269 g/mol. The lowest BCUT2D eigenvalue weighted by Crippen LogP contribution is -2.05. The molecule has 0 saturated carbocycles. The number of hydrogen-bond donors (Lipinski definition) is 1. The van der Waals surface area contributed by atoms with Gasteiger partial charge in [-0.1, -0.05) is 0 Å². The average molecular weight is 269 g/mol. The maximum atomic E-state index is 13.5. The SMILES string of the molecule is COc1cncc(C(O)c2cc(F)c(F)cc2F)c1. The summed E-state index contributed by atoms with van der Waals surface area (Å²) >= 11 is 0. The summed E-state index contributed by atoms with van der Waals surface area (Å²) in [4.78, 5) is 3.80. The molecule has 0 saturated heterocycles. The molecule has 0 bridgehead atoms. The average Bonchev–Trinajstić information content (AvgIpc) is 2.42. The van der Waals surface area contributed by atoms with E-state index in [1.165, 1.54) is 25.6 Å². The molecule has 0 aliphatic heterocycles. The minimum atomic E-state index is -1.46. The van der Waals surface area contributed by atoms with Crippen LogP contribution < -0.4 is 4.74 Å². The molecule has 1 atom stereocenters. The van der Waals surface area contributed by atoms with Crippen LogP contribution in [0.4, 0.5) is 13.2 Å². The Labute approximate surface area is 107 Å². The van der Waals surface area contributed by atoms with Gasteiger partial charge in [0.25, 0.3) is 0 Å². The molecular weight excluding hydrogens is 259 g/mol. The van der Waals surface area contributed by atoms with Crippen molar-refractivity contribution in [2.75, 3.05) is 7.11 Å². The molecule has 1 aromatic carbocycles. The number of nitrogens with zero attached hydrogens (tertiary/aromatic N) is 1. The van der Waals surface area contributed by atoms with E-state index >= 15 is 0 Å². The molecule has 1 N–H and O–H groups in total. The molecule has 1 heterocycles. The second-order valence-corrected chi connectivity index (χ2v) is 3.85.